The molecule has 1 heterocycles. The van der Waals surface area contributed by atoms with Gasteiger partial charge in [0.25, 0.3) is 11.8 Å². The molecule has 1 atom stereocenters. The van der Waals surface area contributed by atoms with Crippen LogP contribution in [0.1, 0.15) is 22.8 Å². The van der Waals surface area contributed by atoms with Crippen LogP contribution in [0.4, 0.5) is 11.4 Å². The quantitative estimate of drug-likeness (QED) is 0.573. The molecule has 4 rings (SSSR count). The Balaban J connectivity index is 1.55. The van der Waals surface area contributed by atoms with Crippen molar-refractivity contribution >= 4 is 39.1 Å². The van der Waals surface area contributed by atoms with Crippen molar-refractivity contribution in [3.8, 4) is 5.75 Å². The van der Waals surface area contributed by atoms with Gasteiger partial charge in [0, 0.05) is 22.8 Å². The number of fused-ring (bicyclic) bond motifs is 1. The smallest absolute Gasteiger partial charge is 0.267 e. The highest BCUT2D eigenvalue weighted by molar-refractivity contribution is 9.10. The Kier molecular flexibility index (Phi) is 5.86. The molecule has 0 fully saturated rings. The fourth-order valence-electron chi connectivity index (χ4n) is 3.45. The molecular weight excluding hydrogens is 444 g/mol. The van der Waals surface area contributed by atoms with Crippen molar-refractivity contribution in [3.63, 3.8) is 0 Å². The SMILES string of the molecule is CC1Oc2cc(NC(=O)c3ccccc3Br)ccc2N(CCc2ccccc2)C1=O. The van der Waals surface area contributed by atoms with E-state index >= 15 is 0 Å². The number of nitrogens with one attached hydrogen (secondary N) is 1. The molecule has 30 heavy (non-hydrogen) atoms. The van der Waals surface area contributed by atoms with E-state index in [1.807, 2.05) is 42.5 Å². The summed E-state index contributed by atoms with van der Waals surface area (Å²) in [4.78, 5) is 27.1. The van der Waals surface area contributed by atoms with Crippen LogP contribution in [0.3, 0.4) is 0 Å². The summed E-state index contributed by atoms with van der Waals surface area (Å²) >= 11 is 3.40. The molecule has 0 spiro atoms. The van der Waals surface area contributed by atoms with Gasteiger partial charge in [-0.3, -0.25) is 9.59 Å². The summed E-state index contributed by atoms with van der Waals surface area (Å²) in [5.41, 5.74) is 3.04. The maximum Gasteiger partial charge on any atom is 0.267 e. The first-order valence-electron chi connectivity index (χ1n) is 9.75. The average molecular weight is 465 g/mol. The summed E-state index contributed by atoms with van der Waals surface area (Å²) in [7, 11) is 0. The lowest BCUT2D eigenvalue weighted by Crippen LogP contribution is -2.45. The average Bonchev–Trinajstić information content (AvgIpc) is 2.75. The molecule has 1 unspecified atom stereocenters. The van der Waals surface area contributed by atoms with E-state index in [2.05, 4.69) is 33.4 Å². The first kappa shape index (κ1) is 20.2. The van der Waals surface area contributed by atoms with Gasteiger partial charge in [-0.15, -0.1) is 0 Å². The van der Waals surface area contributed by atoms with E-state index in [1.165, 1.54) is 5.56 Å². The number of benzene rings is 3. The molecule has 3 aromatic rings. The second kappa shape index (κ2) is 8.71. The van der Waals surface area contributed by atoms with E-state index < -0.39 is 6.10 Å². The lowest BCUT2D eigenvalue weighted by molar-refractivity contribution is -0.125. The van der Waals surface area contributed by atoms with Crippen LogP contribution < -0.4 is 15.0 Å². The van der Waals surface area contributed by atoms with Crippen LogP contribution in [0.15, 0.2) is 77.3 Å². The largest absolute Gasteiger partial charge is 0.479 e. The van der Waals surface area contributed by atoms with Gasteiger partial charge in [0.05, 0.1) is 11.3 Å². The maximum atomic E-state index is 12.7. The minimum atomic E-state index is -0.581. The number of amides is 2. The van der Waals surface area contributed by atoms with E-state index in [-0.39, 0.29) is 11.8 Å². The van der Waals surface area contributed by atoms with E-state index in [1.54, 1.807) is 30.0 Å². The molecule has 6 heteroatoms. The van der Waals surface area contributed by atoms with Crippen molar-refractivity contribution in [1.82, 2.24) is 0 Å². The summed E-state index contributed by atoms with van der Waals surface area (Å²) in [5, 5.41) is 2.90. The molecule has 0 saturated carbocycles. The third kappa shape index (κ3) is 4.24. The zero-order valence-electron chi connectivity index (χ0n) is 16.5. The number of nitrogens with zero attached hydrogens (tertiary/aromatic N) is 1. The number of halogens is 1. The van der Waals surface area contributed by atoms with Crippen molar-refractivity contribution < 1.29 is 14.3 Å². The van der Waals surface area contributed by atoms with Gasteiger partial charge in [0.15, 0.2) is 6.10 Å². The molecule has 0 bridgehead atoms. The van der Waals surface area contributed by atoms with Gasteiger partial charge < -0.3 is 15.0 Å². The number of anilines is 2. The number of ether oxygens (including phenoxy) is 1. The zero-order chi connectivity index (χ0) is 21.1. The van der Waals surface area contributed by atoms with Gasteiger partial charge in [0.2, 0.25) is 0 Å². The molecule has 1 aliphatic heterocycles. The highest BCUT2D eigenvalue weighted by atomic mass is 79.9. The van der Waals surface area contributed by atoms with Crippen molar-refractivity contribution in [2.24, 2.45) is 0 Å². The zero-order valence-corrected chi connectivity index (χ0v) is 18.1. The van der Waals surface area contributed by atoms with E-state index in [4.69, 9.17) is 4.74 Å². The van der Waals surface area contributed by atoms with E-state index in [9.17, 15) is 9.59 Å². The Bertz CT molecular complexity index is 1080. The second-order valence-corrected chi connectivity index (χ2v) is 7.96. The minimum absolute atomic E-state index is 0.0663. The predicted molar refractivity (Wildman–Crippen MR) is 121 cm³/mol. The number of hydrogen-bond acceptors (Lipinski definition) is 3. The van der Waals surface area contributed by atoms with Gasteiger partial charge in [-0.05, 0) is 59.1 Å². The molecule has 0 radical (unpaired) electrons. The third-order valence-corrected chi connectivity index (χ3v) is 5.70. The molecular formula is C24H21BrN2O3. The standard InChI is InChI=1S/C24H21BrN2O3/c1-16-24(29)27(14-13-17-7-3-2-4-8-17)21-12-11-18(15-22(21)30-16)26-23(28)19-9-5-6-10-20(19)25/h2-12,15-16H,13-14H2,1H3,(H,26,28). The van der Waals surface area contributed by atoms with Crippen LogP contribution in [-0.2, 0) is 11.2 Å². The van der Waals surface area contributed by atoms with Gasteiger partial charge in [-0.2, -0.15) is 0 Å². The molecule has 3 aromatic carbocycles. The Labute approximate surface area is 183 Å². The first-order valence-corrected chi connectivity index (χ1v) is 10.5. The Hall–Kier alpha value is -3.12. The summed E-state index contributed by atoms with van der Waals surface area (Å²) in [6.07, 6.45) is 0.168. The second-order valence-electron chi connectivity index (χ2n) is 7.10. The van der Waals surface area contributed by atoms with Gasteiger partial charge in [-0.1, -0.05) is 42.5 Å². The van der Waals surface area contributed by atoms with Crippen LogP contribution in [0.2, 0.25) is 0 Å². The van der Waals surface area contributed by atoms with Crippen LogP contribution >= 0.6 is 15.9 Å². The van der Waals surface area contributed by atoms with Crippen LogP contribution in [0.5, 0.6) is 5.75 Å². The fourth-order valence-corrected chi connectivity index (χ4v) is 3.91. The third-order valence-electron chi connectivity index (χ3n) is 5.01. The maximum absolute atomic E-state index is 12.7. The number of carbonyl (C=O) groups excluding carboxylic acids is 2. The highest BCUT2D eigenvalue weighted by Gasteiger charge is 2.31. The summed E-state index contributed by atoms with van der Waals surface area (Å²) in [6, 6.07) is 22.7. The van der Waals surface area contributed by atoms with Crippen molar-refractivity contribution in [2.45, 2.75) is 19.4 Å². The van der Waals surface area contributed by atoms with Gasteiger partial charge >= 0.3 is 0 Å². The molecule has 5 nitrogen and oxygen atoms in total. The van der Waals surface area contributed by atoms with Crippen LogP contribution in [0.25, 0.3) is 0 Å². The van der Waals surface area contributed by atoms with Crippen molar-refractivity contribution in [1.29, 1.82) is 0 Å². The normalized spacial score (nSPS) is 15.3. The fraction of sp³-hybridized carbons (Fsp3) is 0.167. The Morgan fingerprint density at radius 1 is 1.07 bits per heavy atom. The molecule has 0 saturated heterocycles. The van der Waals surface area contributed by atoms with Crippen LogP contribution in [0, 0.1) is 0 Å². The molecule has 152 valence electrons. The topological polar surface area (TPSA) is 58.6 Å². The highest BCUT2D eigenvalue weighted by Crippen LogP contribution is 2.36. The van der Waals surface area contributed by atoms with Crippen LogP contribution in [-0.4, -0.2) is 24.5 Å². The minimum Gasteiger partial charge on any atom is -0.479 e. The molecule has 0 aliphatic carbocycles. The first-order chi connectivity index (χ1) is 14.5. The summed E-state index contributed by atoms with van der Waals surface area (Å²) in [5.74, 6) is 0.298. The molecule has 1 aliphatic rings. The van der Waals surface area contributed by atoms with E-state index in [0.29, 0.717) is 29.2 Å². The van der Waals surface area contributed by atoms with Gasteiger partial charge in [0.1, 0.15) is 5.75 Å². The van der Waals surface area contributed by atoms with Crippen molar-refractivity contribution in [2.75, 3.05) is 16.8 Å². The van der Waals surface area contributed by atoms with Crippen molar-refractivity contribution in [3.05, 3.63) is 88.4 Å². The predicted octanol–water partition coefficient (Wildman–Crippen LogP) is 5.06. The lowest BCUT2D eigenvalue weighted by Gasteiger charge is -2.33. The number of hydrogen-bond donors (Lipinski definition) is 1. The summed E-state index contributed by atoms with van der Waals surface area (Å²) < 4.78 is 6.55. The Morgan fingerprint density at radius 2 is 1.80 bits per heavy atom. The molecule has 2 amide bonds. The monoisotopic (exact) mass is 464 g/mol. The number of rotatable bonds is 5. The lowest BCUT2D eigenvalue weighted by atomic mass is 10.1. The number of carbonyl (C=O) groups is 2. The summed E-state index contributed by atoms with van der Waals surface area (Å²) in [6.45, 7) is 2.30. The Morgan fingerprint density at radius 3 is 2.57 bits per heavy atom. The van der Waals surface area contributed by atoms with E-state index in [0.717, 1.165) is 10.9 Å². The molecule has 0 aromatic heterocycles. The molecule has 1 N–H and O–H groups in total. The van der Waals surface area contributed by atoms with Gasteiger partial charge in [-0.25, -0.2) is 0 Å².